The van der Waals surface area contributed by atoms with Crippen molar-refractivity contribution in [3.63, 3.8) is 0 Å². The van der Waals surface area contributed by atoms with Crippen molar-refractivity contribution in [2.75, 3.05) is 23.3 Å². The van der Waals surface area contributed by atoms with Gasteiger partial charge in [-0.2, -0.15) is 0 Å². The van der Waals surface area contributed by atoms with E-state index in [1.807, 2.05) is 24.4 Å². The molecule has 3 N–H and O–H groups in total. The molecule has 1 saturated heterocycles. The maximum Gasteiger partial charge on any atom is 0.257 e. The lowest BCUT2D eigenvalue weighted by atomic mass is 9.97. The third kappa shape index (κ3) is 3.73. The van der Waals surface area contributed by atoms with Crippen molar-refractivity contribution in [2.24, 2.45) is 11.7 Å². The van der Waals surface area contributed by atoms with E-state index in [0.717, 1.165) is 30.8 Å². The molecule has 2 amide bonds. The van der Waals surface area contributed by atoms with Crippen LogP contribution in [0, 0.1) is 12.8 Å². The predicted octanol–water partition coefficient (Wildman–Crippen LogP) is 2.41. The van der Waals surface area contributed by atoms with Crippen molar-refractivity contribution in [3.8, 4) is 0 Å². The van der Waals surface area contributed by atoms with E-state index in [0.29, 0.717) is 17.2 Å². The number of benzene rings is 1. The van der Waals surface area contributed by atoms with Crippen LogP contribution in [0.3, 0.4) is 0 Å². The maximum absolute atomic E-state index is 12.2. The van der Waals surface area contributed by atoms with Gasteiger partial charge in [0.1, 0.15) is 0 Å². The van der Waals surface area contributed by atoms with Crippen LogP contribution < -0.4 is 16.0 Å². The Hall–Kier alpha value is -2.41. The molecule has 24 heavy (non-hydrogen) atoms. The maximum atomic E-state index is 12.2. The summed E-state index contributed by atoms with van der Waals surface area (Å²) in [6, 6.07) is 7.40. The van der Waals surface area contributed by atoms with E-state index in [4.69, 9.17) is 5.73 Å². The minimum Gasteiger partial charge on any atom is -0.371 e. The Morgan fingerprint density at radius 3 is 2.71 bits per heavy atom. The van der Waals surface area contributed by atoms with Crippen molar-refractivity contribution in [1.29, 1.82) is 0 Å². The summed E-state index contributed by atoms with van der Waals surface area (Å²) in [6.45, 7) is 3.42. The monoisotopic (exact) mass is 344 g/mol. The molecule has 126 valence electrons. The second-order valence-electron chi connectivity index (χ2n) is 5.98. The van der Waals surface area contributed by atoms with E-state index in [9.17, 15) is 9.59 Å². The Morgan fingerprint density at radius 2 is 2.08 bits per heavy atom. The Balaban J connectivity index is 1.66. The Kier molecular flexibility index (Phi) is 4.80. The highest BCUT2D eigenvalue weighted by atomic mass is 32.1. The Bertz CT molecular complexity index is 741. The van der Waals surface area contributed by atoms with Crippen molar-refractivity contribution >= 4 is 34.0 Å². The smallest absolute Gasteiger partial charge is 0.257 e. The first-order valence-electron chi connectivity index (χ1n) is 7.91. The average molecular weight is 344 g/mol. The van der Waals surface area contributed by atoms with Crippen molar-refractivity contribution < 1.29 is 9.59 Å². The second kappa shape index (κ2) is 7.00. The largest absolute Gasteiger partial charge is 0.371 e. The van der Waals surface area contributed by atoms with Gasteiger partial charge in [-0.15, -0.1) is 11.3 Å². The van der Waals surface area contributed by atoms with Crippen LogP contribution in [0.5, 0.6) is 0 Å². The fourth-order valence-corrected chi connectivity index (χ4v) is 3.53. The molecule has 1 aromatic carbocycles. The number of hydrogen-bond donors (Lipinski definition) is 2. The van der Waals surface area contributed by atoms with Gasteiger partial charge < -0.3 is 10.6 Å². The number of amides is 2. The Labute approximate surface area is 144 Å². The first-order valence-corrected chi connectivity index (χ1v) is 8.78. The van der Waals surface area contributed by atoms with E-state index in [2.05, 4.69) is 15.2 Å². The number of thiazole rings is 1. The van der Waals surface area contributed by atoms with Gasteiger partial charge in [0.2, 0.25) is 5.91 Å². The summed E-state index contributed by atoms with van der Waals surface area (Å²) in [4.78, 5) is 30.0. The molecule has 6 nitrogen and oxygen atoms in total. The number of carbonyl (C=O) groups excluding carboxylic acids is 2. The zero-order valence-corrected chi connectivity index (χ0v) is 14.3. The number of primary amides is 1. The molecule has 2 aromatic rings. The van der Waals surface area contributed by atoms with Gasteiger partial charge in [0.05, 0.1) is 11.6 Å². The van der Waals surface area contributed by atoms with E-state index < -0.39 is 0 Å². The zero-order valence-electron chi connectivity index (χ0n) is 13.5. The molecular weight excluding hydrogens is 324 g/mol. The number of nitrogens with one attached hydrogen (secondary N) is 1. The summed E-state index contributed by atoms with van der Waals surface area (Å²) < 4.78 is 0. The first-order chi connectivity index (χ1) is 11.5. The Morgan fingerprint density at radius 1 is 1.33 bits per heavy atom. The SMILES string of the molecule is Cc1csc(NC(=O)c2ccc(N3CCC[C@@H](C(N)=O)C3)cc2)n1. The van der Waals surface area contributed by atoms with Crippen LogP contribution >= 0.6 is 11.3 Å². The van der Waals surface area contributed by atoms with Crippen LogP contribution in [-0.2, 0) is 4.79 Å². The molecule has 0 aliphatic carbocycles. The summed E-state index contributed by atoms with van der Waals surface area (Å²) in [6.07, 6.45) is 1.79. The van der Waals surface area contributed by atoms with Crippen LogP contribution in [0.25, 0.3) is 0 Å². The van der Waals surface area contributed by atoms with Crippen molar-refractivity contribution in [3.05, 3.63) is 40.9 Å². The molecule has 1 atom stereocenters. The summed E-state index contributed by atoms with van der Waals surface area (Å²) >= 11 is 1.41. The number of piperidine rings is 1. The zero-order chi connectivity index (χ0) is 17.1. The summed E-state index contributed by atoms with van der Waals surface area (Å²) in [7, 11) is 0. The lowest BCUT2D eigenvalue weighted by Crippen LogP contribution is -2.41. The van der Waals surface area contributed by atoms with Crippen molar-refractivity contribution in [2.45, 2.75) is 19.8 Å². The number of anilines is 2. The number of aryl methyl sites for hydroxylation is 1. The minimum absolute atomic E-state index is 0.102. The molecular formula is C17H20N4O2S. The number of nitrogens with two attached hydrogens (primary N) is 1. The van der Waals surface area contributed by atoms with E-state index >= 15 is 0 Å². The second-order valence-corrected chi connectivity index (χ2v) is 6.84. The molecule has 1 fully saturated rings. The molecule has 3 rings (SSSR count). The molecule has 1 aromatic heterocycles. The van der Waals surface area contributed by atoms with Gasteiger partial charge >= 0.3 is 0 Å². The number of aromatic nitrogens is 1. The van der Waals surface area contributed by atoms with Gasteiger partial charge in [0.25, 0.3) is 5.91 Å². The van der Waals surface area contributed by atoms with Crippen LogP contribution in [0.2, 0.25) is 0 Å². The molecule has 0 radical (unpaired) electrons. The van der Waals surface area contributed by atoms with Gasteiger partial charge in [-0.3, -0.25) is 14.9 Å². The highest BCUT2D eigenvalue weighted by Crippen LogP contribution is 2.24. The normalized spacial score (nSPS) is 17.5. The molecule has 1 aliphatic rings. The molecule has 7 heteroatoms. The third-order valence-corrected chi connectivity index (χ3v) is 5.03. The van der Waals surface area contributed by atoms with Gasteiger partial charge in [-0.1, -0.05) is 0 Å². The number of hydrogen-bond acceptors (Lipinski definition) is 5. The van der Waals surface area contributed by atoms with Gasteiger partial charge in [-0.05, 0) is 44.0 Å². The van der Waals surface area contributed by atoms with E-state index in [-0.39, 0.29) is 17.7 Å². The van der Waals surface area contributed by atoms with E-state index in [1.54, 1.807) is 12.1 Å². The molecule has 1 aliphatic heterocycles. The van der Waals surface area contributed by atoms with Crippen LogP contribution in [0.1, 0.15) is 28.9 Å². The molecule has 0 spiro atoms. The average Bonchev–Trinajstić information content (AvgIpc) is 3.00. The standard InChI is InChI=1S/C17H20N4O2S/c1-11-10-24-17(19-11)20-16(23)12-4-6-14(7-5-12)21-8-2-3-13(9-21)15(18)22/h4-7,10,13H,2-3,8-9H2,1H3,(H2,18,22)(H,19,20,23)/t13-/m1/s1. The van der Waals surface area contributed by atoms with Gasteiger partial charge in [-0.25, -0.2) is 4.98 Å². The summed E-state index contributed by atoms with van der Waals surface area (Å²) in [5.74, 6) is -0.520. The van der Waals surface area contributed by atoms with Crippen LogP contribution in [0.15, 0.2) is 29.6 Å². The molecule has 2 heterocycles. The summed E-state index contributed by atoms with van der Waals surface area (Å²) in [5, 5.41) is 5.29. The predicted molar refractivity (Wildman–Crippen MR) is 95.4 cm³/mol. The quantitative estimate of drug-likeness (QED) is 0.891. The van der Waals surface area contributed by atoms with Crippen LogP contribution in [-0.4, -0.2) is 29.9 Å². The van der Waals surface area contributed by atoms with Crippen LogP contribution in [0.4, 0.5) is 10.8 Å². The third-order valence-electron chi connectivity index (χ3n) is 4.16. The highest BCUT2D eigenvalue weighted by molar-refractivity contribution is 7.13. The van der Waals surface area contributed by atoms with Gasteiger partial charge in [0.15, 0.2) is 5.13 Å². The van der Waals surface area contributed by atoms with Gasteiger partial charge in [0, 0.05) is 29.7 Å². The minimum atomic E-state index is -0.241. The fourth-order valence-electron chi connectivity index (χ4n) is 2.85. The van der Waals surface area contributed by atoms with E-state index in [1.165, 1.54) is 11.3 Å². The topological polar surface area (TPSA) is 88.3 Å². The number of carbonyl (C=O) groups is 2. The number of rotatable bonds is 4. The molecule has 0 unspecified atom stereocenters. The molecule has 0 saturated carbocycles. The lowest BCUT2D eigenvalue weighted by molar-refractivity contribution is -0.122. The molecule has 0 bridgehead atoms. The highest BCUT2D eigenvalue weighted by Gasteiger charge is 2.24. The number of nitrogens with zero attached hydrogens (tertiary/aromatic N) is 2. The first kappa shape index (κ1) is 16.4. The summed E-state index contributed by atoms with van der Waals surface area (Å²) in [5.41, 5.74) is 7.89. The fraction of sp³-hybridized carbons (Fsp3) is 0.353. The lowest BCUT2D eigenvalue weighted by Gasteiger charge is -2.33. The van der Waals surface area contributed by atoms with Crippen molar-refractivity contribution in [1.82, 2.24) is 4.98 Å².